The number of sulfonamides is 1. The van der Waals surface area contributed by atoms with Gasteiger partial charge in [0, 0.05) is 10.6 Å². The lowest BCUT2D eigenvalue weighted by Crippen LogP contribution is -2.18. The average molecular weight is 557 g/mol. The highest BCUT2D eigenvalue weighted by Crippen LogP contribution is 2.36. The van der Waals surface area contributed by atoms with Crippen molar-refractivity contribution in [2.75, 3.05) is 4.72 Å². The van der Waals surface area contributed by atoms with Gasteiger partial charge in [-0.1, -0.05) is 24.3 Å². The molecule has 2 N–H and O–H groups in total. The van der Waals surface area contributed by atoms with E-state index in [9.17, 15) is 44.7 Å². The lowest BCUT2D eigenvalue weighted by Gasteiger charge is -2.14. The minimum atomic E-state index is -4.91. The number of carbonyl (C=O) groups is 1. The SMILES string of the molecule is O=C(c1ccc(-c2cccc(NS(=O)(=O)c3ccccc3C(F)(F)F)c2)s1)c1cc(F)c(F)c(O)c1F. The van der Waals surface area contributed by atoms with Gasteiger partial charge in [0.2, 0.25) is 11.6 Å². The minimum absolute atomic E-state index is 0.0765. The van der Waals surface area contributed by atoms with Crippen molar-refractivity contribution in [2.24, 2.45) is 0 Å². The number of benzene rings is 3. The molecule has 0 saturated carbocycles. The highest BCUT2D eigenvalue weighted by Gasteiger charge is 2.37. The first-order chi connectivity index (χ1) is 17.3. The molecule has 37 heavy (non-hydrogen) atoms. The van der Waals surface area contributed by atoms with Crippen LogP contribution in [-0.2, 0) is 16.2 Å². The summed E-state index contributed by atoms with van der Waals surface area (Å²) < 4.78 is 108. The molecular formula is C24H13F6NO4S2. The number of thiophene rings is 1. The number of halogens is 6. The number of phenols is 1. The van der Waals surface area contributed by atoms with Crippen LogP contribution in [-0.4, -0.2) is 19.3 Å². The van der Waals surface area contributed by atoms with Gasteiger partial charge in [0.15, 0.2) is 17.4 Å². The molecule has 4 rings (SSSR count). The van der Waals surface area contributed by atoms with Gasteiger partial charge >= 0.3 is 6.18 Å². The number of anilines is 1. The molecule has 0 spiro atoms. The number of carbonyl (C=O) groups excluding carboxylic acids is 1. The van der Waals surface area contributed by atoms with Crippen molar-refractivity contribution >= 4 is 32.8 Å². The predicted octanol–water partition coefficient (Wildman–Crippen LogP) is 6.59. The first kappa shape index (κ1) is 26.2. The van der Waals surface area contributed by atoms with E-state index in [-0.39, 0.29) is 10.6 Å². The zero-order chi connectivity index (χ0) is 27.1. The van der Waals surface area contributed by atoms with Crippen LogP contribution in [0.4, 0.5) is 32.0 Å². The van der Waals surface area contributed by atoms with E-state index >= 15 is 0 Å². The van der Waals surface area contributed by atoms with Crippen LogP contribution in [0.25, 0.3) is 10.4 Å². The summed E-state index contributed by atoms with van der Waals surface area (Å²) in [5.41, 5.74) is -1.96. The van der Waals surface area contributed by atoms with E-state index in [4.69, 9.17) is 0 Å². The number of rotatable bonds is 6. The number of ketones is 1. The summed E-state index contributed by atoms with van der Waals surface area (Å²) in [6.45, 7) is 0. The number of alkyl halides is 3. The Morgan fingerprint density at radius 3 is 2.30 bits per heavy atom. The molecule has 0 aliphatic carbocycles. The van der Waals surface area contributed by atoms with E-state index in [2.05, 4.69) is 4.72 Å². The quantitative estimate of drug-likeness (QED) is 0.159. The molecule has 0 amide bonds. The van der Waals surface area contributed by atoms with Crippen molar-refractivity contribution in [3.63, 3.8) is 0 Å². The summed E-state index contributed by atoms with van der Waals surface area (Å²) in [5, 5.41) is 9.36. The van der Waals surface area contributed by atoms with Crippen LogP contribution in [0.1, 0.15) is 20.8 Å². The molecule has 13 heteroatoms. The number of nitrogens with one attached hydrogen (secondary N) is 1. The maximum Gasteiger partial charge on any atom is 0.417 e. The molecule has 0 aliphatic heterocycles. The lowest BCUT2D eigenvalue weighted by molar-refractivity contribution is -0.139. The van der Waals surface area contributed by atoms with Gasteiger partial charge in [0.1, 0.15) is 0 Å². The van der Waals surface area contributed by atoms with Gasteiger partial charge < -0.3 is 5.11 Å². The van der Waals surface area contributed by atoms with E-state index in [0.717, 1.165) is 29.5 Å². The summed E-state index contributed by atoms with van der Waals surface area (Å²) >= 11 is 0.802. The molecule has 0 radical (unpaired) electrons. The zero-order valence-corrected chi connectivity index (χ0v) is 19.7. The van der Waals surface area contributed by atoms with Crippen molar-refractivity contribution < 1.29 is 44.7 Å². The van der Waals surface area contributed by atoms with Crippen LogP contribution in [0.15, 0.2) is 71.6 Å². The topological polar surface area (TPSA) is 83.5 Å². The Morgan fingerprint density at radius 2 is 1.59 bits per heavy atom. The van der Waals surface area contributed by atoms with Crippen molar-refractivity contribution in [1.29, 1.82) is 0 Å². The third-order valence-electron chi connectivity index (χ3n) is 5.09. The summed E-state index contributed by atoms with van der Waals surface area (Å²) in [7, 11) is -4.64. The molecule has 0 saturated heterocycles. The number of hydrogen-bond acceptors (Lipinski definition) is 5. The van der Waals surface area contributed by atoms with Crippen molar-refractivity contribution in [2.45, 2.75) is 11.1 Å². The van der Waals surface area contributed by atoms with Gasteiger partial charge in [-0.2, -0.15) is 17.6 Å². The molecule has 0 unspecified atom stereocenters. The molecule has 0 atom stereocenters. The normalized spacial score (nSPS) is 11.9. The summed E-state index contributed by atoms with van der Waals surface area (Å²) in [5.74, 6) is -7.76. The minimum Gasteiger partial charge on any atom is -0.503 e. The van der Waals surface area contributed by atoms with Gasteiger partial charge in [-0.3, -0.25) is 9.52 Å². The number of phenolic OH excluding ortho intramolecular Hbond substituents is 1. The van der Waals surface area contributed by atoms with Crippen molar-refractivity contribution in [3.8, 4) is 16.2 Å². The molecule has 0 aliphatic rings. The highest BCUT2D eigenvalue weighted by atomic mass is 32.2. The second-order valence-electron chi connectivity index (χ2n) is 7.56. The second kappa shape index (κ2) is 9.56. The number of aromatic hydroxyl groups is 1. The van der Waals surface area contributed by atoms with Gasteiger partial charge in [-0.15, -0.1) is 11.3 Å². The molecular weight excluding hydrogens is 544 g/mol. The van der Waals surface area contributed by atoms with Crippen LogP contribution < -0.4 is 4.72 Å². The molecule has 3 aromatic carbocycles. The molecule has 192 valence electrons. The molecule has 0 fully saturated rings. The molecule has 5 nitrogen and oxygen atoms in total. The van der Waals surface area contributed by atoms with E-state index < -0.39 is 61.2 Å². The van der Waals surface area contributed by atoms with E-state index in [0.29, 0.717) is 22.6 Å². The van der Waals surface area contributed by atoms with Crippen molar-refractivity contribution in [3.05, 3.63) is 100 Å². The van der Waals surface area contributed by atoms with E-state index in [1.54, 1.807) is 0 Å². The number of hydrogen-bond donors (Lipinski definition) is 2. The van der Waals surface area contributed by atoms with Crippen molar-refractivity contribution in [1.82, 2.24) is 0 Å². The van der Waals surface area contributed by atoms with E-state index in [1.807, 2.05) is 0 Å². The molecule has 1 heterocycles. The summed E-state index contributed by atoms with van der Waals surface area (Å²) in [4.78, 5) is 11.9. The fraction of sp³-hybridized carbons (Fsp3) is 0.0417. The highest BCUT2D eigenvalue weighted by molar-refractivity contribution is 7.92. The summed E-state index contributed by atoms with van der Waals surface area (Å²) in [6.07, 6.45) is -4.91. The molecule has 0 bridgehead atoms. The third-order valence-corrected chi connectivity index (χ3v) is 7.66. The third kappa shape index (κ3) is 5.18. The smallest absolute Gasteiger partial charge is 0.417 e. The maximum absolute atomic E-state index is 14.2. The largest absolute Gasteiger partial charge is 0.503 e. The zero-order valence-electron chi connectivity index (χ0n) is 18.1. The van der Waals surface area contributed by atoms with Gasteiger partial charge in [0.05, 0.1) is 20.9 Å². The van der Waals surface area contributed by atoms with E-state index in [1.165, 1.54) is 36.4 Å². The monoisotopic (exact) mass is 557 g/mol. The summed E-state index contributed by atoms with van der Waals surface area (Å²) in [6, 6.07) is 12.2. The van der Waals surface area contributed by atoms with Crippen LogP contribution in [0.2, 0.25) is 0 Å². The van der Waals surface area contributed by atoms with Gasteiger partial charge in [0.25, 0.3) is 10.0 Å². The van der Waals surface area contributed by atoms with Gasteiger partial charge in [-0.25, -0.2) is 17.2 Å². The predicted molar refractivity (Wildman–Crippen MR) is 123 cm³/mol. The fourth-order valence-electron chi connectivity index (χ4n) is 3.38. The van der Waals surface area contributed by atoms with Crippen LogP contribution in [0.3, 0.4) is 0 Å². The standard InChI is InChI=1S/C24H13F6NO4S2/c25-16-11-14(20(26)23(33)21(16)27)22(32)18-9-8-17(36-18)12-4-3-5-13(10-12)31-37(34,35)19-7-2-1-6-15(19)24(28,29)30/h1-11,31,33H. The lowest BCUT2D eigenvalue weighted by atomic mass is 10.1. The first-order valence-electron chi connectivity index (χ1n) is 10.1. The van der Waals surface area contributed by atoms with Gasteiger partial charge in [-0.05, 0) is 48.0 Å². The molecule has 4 aromatic rings. The average Bonchev–Trinajstić information content (AvgIpc) is 3.34. The Labute approximate surface area is 209 Å². The Bertz CT molecular complexity index is 1630. The Morgan fingerprint density at radius 1 is 0.892 bits per heavy atom. The van der Waals surface area contributed by atoms with Crippen LogP contribution in [0.5, 0.6) is 5.75 Å². The maximum atomic E-state index is 14.2. The molecule has 1 aromatic heterocycles. The van der Waals surface area contributed by atoms with Crippen LogP contribution in [0, 0.1) is 17.5 Å². The fourth-order valence-corrected chi connectivity index (χ4v) is 5.62. The Hall–Kier alpha value is -3.84. The Kier molecular flexibility index (Phi) is 6.78. The van der Waals surface area contributed by atoms with Crippen LogP contribution >= 0.6 is 11.3 Å². The Balaban J connectivity index is 1.63. The first-order valence-corrected chi connectivity index (χ1v) is 12.4. The second-order valence-corrected chi connectivity index (χ2v) is 10.3.